The summed E-state index contributed by atoms with van der Waals surface area (Å²) in [5.41, 5.74) is 2.05. The Kier molecular flexibility index (Phi) is 16.4. The van der Waals surface area contributed by atoms with E-state index in [1.54, 1.807) is 50.2 Å². The van der Waals surface area contributed by atoms with Crippen LogP contribution in [0.3, 0.4) is 0 Å². The number of aryl methyl sites for hydroxylation is 1. The number of esters is 1. The van der Waals surface area contributed by atoms with Gasteiger partial charge in [0.15, 0.2) is 5.60 Å². The number of carbonyl (C=O) groups is 8. The lowest BCUT2D eigenvalue weighted by molar-refractivity contribution is -0.172. The molecular formula is C55H64FN9O12. The Morgan fingerprint density at radius 2 is 1.61 bits per heavy atom. The van der Waals surface area contributed by atoms with Gasteiger partial charge in [0.25, 0.3) is 5.56 Å². The zero-order valence-electron chi connectivity index (χ0n) is 43.2. The summed E-state index contributed by atoms with van der Waals surface area (Å²) in [5, 5.41) is 28.0. The lowest BCUT2D eigenvalue weighted by atomic mass is 9.81. The van der Waals surface area contributed by atoms with Gasteiger partial charge in [-0.2, -0.15) is 0 Å². The molecule has 1 saturated heterocycles. The zero-order chi connectivity index (χ0) is 54.5. The number of nitrogens with one attached hydrogen (secondary N) is 6. The molecule has 21 nitrogen and oxygen atoms in total. The number of pyridine rings is 2. The number of hydrogen-bond acceptors (Lipinski definition) is 13. The maximum absolute atomic E-state index is 15.5. The SMILES string of the molecule is CC[C@@]1(O)C(=O)OCc2c1cc1n(c2=O)Cc2c-1nc1cc(F)c(C)c3c1c2[C@@H](NC(=O)[C@H](OCNC(=O)CNC(=O)[C@H](Cc1ccccc1)NC(=O)CNC(=O)CNC(=O)CCCCCN1CCCC1=O)C1CC1)CC3. The van der Waals surface area contributed by atoms with Gasteiger partial charge in [0.05, 0.1) is 54.7 Å². The highest BCUT2D eigenvalue weighted by atomic mass is 19.1. The molecule has 5 heterocycles. The van der Waals surface area contributed by atoms with E-state index >= 15 is 4.39 Å². The fourth-order valence-electron chi connectivity index (χ4n) is 10.9. The molecule has 0 bridgehead atoms. The number of likely N-dealkylation sites (tertiary alicyclic amines) is 1. The first kappa shape index (κ1) is 54.2. The van der Waals surface area contributed by atoms with Crippen LogP contribution in [0.25, 0.3) is 22.3 Å². The number of aromatic nitrogens is 2. The number of rotatable bonds is 23. The number of hydrogen-bond donors (Lipinski definition) is 7. The van der Waals surface area contributed by atoms with E-state index in [0.29, 0.717) is 89.6 Å². The molecule has 9 rings (SSSR count). The first-order valence-corrected chi connectivity index (χ1v) is 26.5. The van der Waals surface area contributed by atoms with Gasteiger partial charge in [0.2, 0.25) is 41.4 Å². The first-order chi connectivity index (χ1) is 37.0. The normalized spacial score (nSPS) is 18.8. The summed E-state index contributed by atoms with van der Waals surface area (Å²) in [6, 6.07) is 10.0. The fraction of sp³-hybridized carbons (Fsp3) is 0.491. The summed E-state index contributed by atoms with van der Waals surface area (Å²) in [5.74, 6) is -4.67. The van der Waals surface area contributed by atoms with E-state index in [0.717, 1.165) is 31.4 Å². The minimum absolute atomic E-state index is 0.0430. The summed E-state index contributed by atoms with van der Waals surface area (Å²) in [7, 11) is 0. The van der Waals surface area contributed by atoms with Gasteiger partial charge in [-0.25, -0.2) is 14.2 Å². The summed E-state index contributed by atoms with van der Waals surface area (Å²) in [6.45, 7) is 2.79. The number of benzene rings is 2. The average Bonchev–Trinajstić information content (AvgIpc) is 4.28. The number of halogens is 1. The Morgan fingerprint density at radius 3 is 2.35 bits per heavy atom. The van der Waals surface area contributed by atoms with Crippen molar-refractivity contribution in [3.63, 3.8) is 0 Å². The monoisotopic (exact) mass is 1060 g/mol. The van der Waals surface area contributed by atoms with Gasteiger partial charge in [0, 0.05) is 54.9 Å². The number of fused-ring (bicyclic) bond motifs is 5. The van der Waals surface area contributed by atoms with Crippen LogP contribution in [0.1, 0.15) is 116 Å². The van der Waals surface area contributed by atoms with Crippen molar-refractivity contribution in [2.24, 2.45) is 5.92 Å². The maximum Gasteiger partial charge on any atom is 0.343 e. The fourth-order valence-corrected chi connectivity index (χ4v) is 10.9. The molecule has 2 aromatic heterocycles. The van der Waals surface area contributed by atoms with Gasteiger partial charge in [-0.15, -0.1) is 0 Å². The molecule has 2 fully saturated rings. The molecule has 4 aromatic rings. The molecule has 1 saturated carbocycles. The molecule has 4 atom stereocenters. The third-order valence-corrected chi connectivity index (χ3v) is 15.3. The summed E-state index contributed by atoms with van der Waals surface area (Å²) < 4.78 is 28.3. The van der Waals surface area contributed by atoms with Gasteiger partial charge < -0.3 is 55.9 Å². The topological polar surface area (TPSA) is 286 Å². The van der Waals surface area contributed by atoms with Crippen molar-refractivity contribution in [2.75, 3.05) is 39.5 Å². The van der Waals surface area contributed by atoms with E-state index in [-0.39, 0.29) is 74.5 Å². The highest BCUT2D eigenvalue weighted by molar-refractivity contribution is 5.95. The van der Waals surface area contributed by atoms with Crippen LogP contribution in [0.4, 0.5) is 4.39 Å². The molecule has 0 radical (unpaired) electrons. The van der Waals surface area contributed by atoms with Crippen LogP contribution in [-0.4, -0.2) is 118 Å². The van der Waals surface area contributed by atoms with E-state index in [1.807, 2.05) is 4.90 Å². The number of aliphatic hydroxyl groups is 1. The van der Waals surface area contributed by atoms with Crippen LogP contribution in [0, 0.1) is 18.7 Å². The van der Waals surface area contributed by atoms with Crippen LogP contribution < -0.4 is 37.5 Å². The van der Waals surface area contributed by atoms with Crippen molar-refractivity contribution in [2.45, 2.75) is 128 Å². The number of cyclic esters (lactones) is 1. The third-order valence-electron chi connectivity index (χ3n) is 15.3. The minimum atomic E-state index is -2.05. The van der Waals surface area contributed by atoms with Crippen LogP contribution in [0.5, 0.6) is 0 Å². The van der Waals surface area contributed by atoms with Crippen molar-refractivity contribution in [1.29, 1.82) is 0 Å². The summed E-state index contributed by atoms with van der Waals surface area (Å²) in [6.07, 6.45) is 5.06. The Morgan fingerprint density at radius 1 is 0.870 bits per heavy atom. The van der Waals surface area contributed by atoms with Crippen LogP contribution in [0.15, 0.2) is 47.3 Å². The molecule has 77 heavy (non-hydrogen) atoms. The lowest BCUT2D eigenvalue weighted by Crippen LogP contribution is -2.52. The second kappa shape index (κ2) is 23.3. The smallest absolute Gasteiger partial charge is 0.343 e. The second-order valence-corrected chi connectivity index (χ2v) is 20.5. The van der Waals surface area contributed by atoms with Crippen molar-refractivity contribution < 1.29 is 57.3 Å². The predicted molar refractivity (Wildman–Crippen MR) is 274 cm³/mol. The number of ether oxygens (including phenoxy) is 2. The molecule has 5 aliphatic rings. The molecule has 22 heteroatoms. The van der Waals surface area contributed by atoms with Crippen molar-refractivity contribution in [3.05, 3.63) is 97.6 Å². The van der Waals surface area contributed by atoms with Gasteiger partial charge in [-0.3, -0.25) is 38.4 Å². The predicted octanol–water partition coefficient (Wildman–Crippen LogP) is 1.76. The molecular weight excluding hydrogens is 998 g/mol. The van der Waals surface area contributed by atoms with Crippen LogP contribution >= 0.6 is 0 Å². The average molecular weight is 1060 g/mol. The van der Waals surface area contributed by atoms with Crippen LogP contribution in [-0.2, 0) is 79.4 Å². The number of nitrogens with zero attached hydrogens (tertiary/aromatic N) is 3. The largest absolute Gasteiger partial charge is 0.458 e. The minimum Gasteiger partial charge on any atom is -0.458 e. The Hall–Kier alpha value is -7.59. The molecule has 7 N–H and O–H groups in total. The molecule has 2 aromatic carbocycles. The van der Waals surface area contributed by atoms with E-state index in [1.165, 1.54) is 10.6 Å². The second-order valence-electron chi connectivity index (χ2n) is 20.5. The Balaban J connectivity index is 0.782. The lowest BCUT2D eigenvalue weighted by Gasteiger charge is -2.31. The molecule has 3 aliphatic heterocycles. The van der Waals surface area contributed by atoms with Crippen molar-refractivity contribution in [3.8, 4) is 11.4 Å². The van der Waals surface area contributed by atoms with Gasteiger partial charge in [0.1, 0.15) is 31.3 Å². The third kappa shape index (κ3) is 11.9. The van der Waals surface area contributed by atoms with Gasteiger partial charge >= 0.3 is 5.97 Å². The highest BCUT2D eigenvalue weighted by Crippen LogP contribution is 2.46. The summed E-state index contributed by atoms with van der Waals surface area (Å²) >= 11 is 0. The van der Waals surface area contributed by atoms with Crippen molar-refractivity contribution >= 4 is 58.2 Å². The molecule has 0 spiro atoms. The number of amides is 7. The standard InChI is InChI=1S/C55H64FN9O12/c1-3-55(75)36-22-41-49-34(27-65(41)53(73)35(36)28-76-54(55)74)48-38(18-17-33-30(2)37(56)23-39(62-49)47(33)48)63-52(72)50(32-15-16-32)77-29-60-44(68)25-59-51(71)40(21-31-11-6-4-7-12-31)61-45(69)26-58-43(67)24-57-42(66)13-8-5-9-19-64-20-10-14-46(64)70/h4,6-7,11-12,22-23,32,38,40,50,75H,3,5,8-10,13-21,24-29H2,1-2H3,(H,57,66)(H,58,67)(H,59,71)(H,60,68)(H,61,69)(H,63,72)/t38-,40-,50+,55-/m0/s1. The molecule has 2 aliphatic carbocycles. The first-order valence-electron chi connectivity index (χ1n) is 26.5. The molecule has 0 unspecified atom stereocenters. The highest BCUT2D eigenvalue weighted by Gasteiger charge is 2.46. The van der Waals surface area contributed by atoms with Crippen molar-refractivity contribution in [1.82, 2.24) is 46.4 Å². The van der Waals surface area contributed by atoms with Crippen LogP contribution in [0.2, 0.25) is 0 Å². The van der Waals surface area contributed by atoms with E-state index in [4.69, 9.17) is 14.5 Å². The Labute approximate surface area is 442 Å². The van der Waals surface area contributed by atoms with E-state index in [2.05, 4.69) is 31.9 Å². The maximum atomic E-state index is 15.5. The molecule has 7 amide bonds. The molecule has 408 valence electrons. The number of carbonyl (C=O) groups excluding carboxylic acids is 8. The summed E-state index contributed by atoms with van der Waals surface area (Å²) in [4.78, 5) is 124. The Bertz CT molecular complexity index is 3090. The quantitative estimate of drug-likeness (QED) is 0.0279. The van der Waals surface area contributed by atoms with E-state index < -0.39 is 83.8 Å². The van der Waals surface area contributed by atoms with Gasteiger partial charge in [-0.05, 0) is 92.5 Å². The number of unbranched alkanes of at least 4 members (excludes halogenated alkanes) is 2. The van der Waals surface area contributed by atoms with Gasteiger partial charge in [-0.1, -0.05) is 43.7 Å². The van der Waals surface area contributed by atoms with E-state index in [9.17, 15) is 48.3 Å². The zero-order valence-corrected chi connectivity index (χ0v) is 43.2.